The fourth-order valence-electron chi connectivity index (χ4n) is 4.81. The lowest BCUT2D eigenvalue weighted by Crippen LogP contribution is -2.62. The van der Waals surface area contributed by atoms with Crippen LogP contribution >= 0.6 is 15.2 Å². The third kappa shape index (κ3) is 3.18. The normalized spacial score (nSPS) is 38.9. The Labute approximate surface area is 130 Å². The second-order valence-electron chi connectivity index (χ2n) is 6.40. The van der Waals surface area contributed by atoms with Gasteiger partial charge in [-0.1, -0.05) is 15.2 Å². The minimum absolute atomic E-state index is 0. The van der Waals surface area contributed by atoms with Crippen LogP contribution in [-0.2, 0) is 9.13 Å². The van der Waals surface area contributed by atoms with E-state index in [1.54, 1.807) is 0 Å². The molecule has 4 saturated carbocycles. The highest BCUT2D eigenvalue weighted by atomic mass is 31.2. The molecule has 4 fully saturated rings. The van der Waals surface area contributed by atoms with Crippen LogP contribution in [0, 0.1) is 11.8 Å². The van der Waals surface area contributed by atoms with Crippen LogP contribution in [-0.4, -0.2) is 10.3 Å². The lowest BCUT2D eigenvalue weighted by molar-refractivity contribution is -0.331. The largest absolute Gasteiger partial charge is 0.810 e. The van der Waals surface area contributed by atoms with Gasteiger partial charge in [-0.05, 0) is 60.7 Å². The quantitative estimate of drug-likeness (QED) is 0.503. The van der Waals surface area contributed by atoms with E-state index in [0.29, 0.717) is 0 Å². The van der Waals surface area contributed by atoms with Crippen LogP contribution in [0.4, 0.5) is 0 Å². The van der Waals surface area contributed by atoms with Crippen LogP contribution in [0.1, 0.15) is 38.5 Å². The zero-order valence-electron chi connectivity index (χ0n) is 13.7. The molecular weight excluding hydrogens is 334 g/mol. The van der Waals surface area contributed by atoms with E-state index in [1.807, 2.05) is 0 Å². The zero-order chi connectivity index (χ0) is 13.4. The molecule has 4 aliphatic rings. The summed E-state index contributed by atoms with van der Waals surface area (Å²) in [5, 5.41) is -2.94. The molecule has 4 rings (SSSR count). The van der Waals surface area contributed by atoms with Crippen molar-refractivity contribution in [3.05, 3.63) is 0 Å². The Morgan fingerprint density at radius 1 is 0.682 bits per heavy atom. The number of quaternary nitrogens is 4. The zero-order valence-corrected chi connectivity index (χ0v) is 15.5. The van der Waals surface area contributed by atoms with Crippen molar-refractivity contribution in [2.45, 2.75) is 48.8 Å². The first-order valence-electron chi connectivity index (χ1n) is 6.11. The van der Waals surface area contributed by atoms with Gasteiger partial charge in [-0.25, -0.2) is 0 Å². The van der Waals surface area contributed by atoms with Crippen LogP contribution in [0.15, 0.2) is 0 Å². The lowest BCUT2D eigenvalue weighted by atomic mass is 9.55. The first-order valence-corrected chi connectivity index (χ1v) is 9.20. The molecule has 4 bridgehead atoms. The van der Waals surface area contributed by atoms with Crippen molar-refractivity contribution in [1.82, 2.24) is 24.6 Å². The van der Waals surface area contributed by atoms with E-state index in [0.717, 1.165) is 6.42 Å². The maximum atomic E-state index is 11.5. The van der Waals surface area contributed by atoms with Gasteiger partial charge in [0.25, 0.3) is 0 Å². The average molecular weight is 364 g/mol. The van der Waals surface area contributed by atoms with Crippen molar-refractivity contribution >= 4 is 15.2 Å². The topological polar surface area (TPSA) is 272 Å². The monoisotopic (exact) mass is 364 g/mol. The maximum Gasteiger partial charge on any atom is -0.000542 e. The van der Waals surface area contributed by atoms with Gasteiger partial charge in [-0.3, -0.25) is 0 Å². The molecule has 16 N–H and O–H groups in total. The van der Waals surface area contributed by atoms with Crippen LogP contribution in [0.5, 0.6) is 0 Å². The molecule has 0 aliphatic heterocycles. The Hall–Kier alpha value is 0.140. The molecule has 0 atom stereocenters. The molecular formula is C10H30N4O6P2. The summed E-state index contributed by atoms with van der Waals surface area (Å²) in [6.07, 6.45) is 1.47. The first-order chi connectivity index (χ1) is 8.07. The Kier molecular flexibility index (Phi) is 7.28. The van der Waals surface area contributed by atoms with Crippen molar-refractivity contribution in [1.29, 1.82) is 0 Å². The van der Waals surface area contributed by atoms with Crippen LogP contribution in [0.2, 0.25) is 0 Å². The third-order valence-corrected chi connectivity index (χ3v) is 8.53. The summed E-state index contributed by atoms with van der Waals surface area (Å²) in [5.74, 6) is -0.197. The van der Waals surface area contributed by atoms with E-state index in [-0.39, 0.29) is 68.5 Å². The summed E-state index contributed by atoms with van der Waals surface area (Å²) >= 11 is 0. The summed E-state index contributed by atoms with van der Waals surface area (Å²) in [7, 11) is -9.75. The molecule has 10 nitrogen and oxygen atoms in total. The predicted molar refractivity (Wildman–Crippen MR) is 79.3 cm³/mol. The molecule has 0 aromatic rings. The van der Waals surface area contributed by atoms with Gasteiger partial charge in [-0.2, -0.15) is 0 Å². The summed E-state index contributed by atoms with van der Waals surface area (Å²) < 4.78 is 23.1. The standard InChI is InChI=1S/C10H18O6P2.4H3N/c11-17(12,13)9-2-7-1-8(4-9)5-10(3-7,6-9)18(14,15)16;;;;/h7-8H,1-6H2,(H2,11,12,13)(H2,14,15,16);4*1H3. The van der Waals surface area contributed by atoms with E-state index in [2.05, 4.69) is 0 Å². The Morgan fingerprint density at radius 3 is 1.18 bits per heavy atom. The van der Waals surface area contributed by atoms with Crippen molar-refractivity contribution in [2.75, 3.05) is 0 Å². The fraction of sp³-hybridized carbons (Fsp3) is 1.00. The van der Waals surface area contributed by atoms with E-state index in [9.17, 15) is 28.7 Å². The van der Waals surface area contributed by atoms with E-state index < -0.39 is 25.5 Å². The molecule has 0 unspecified atom stereocenters. The van der Waals surface area contributed by atoms with Crippen molar-refractivity contribution in [3.8, 4) is 0 Å². The van der Waals surface area contributed by atoms with Crippen molar-refractivity contribution in [3.63, 3.8) is 0 Å². The SMILES string of the molecule is O=P([O-])([O-])C12CC3CC(C1)CC(P(=O)([O-])[O-])(C3)C2.[NH4+].[NH4+].[NH4+].[NH4+]. The summed E-state index contributed by atoms with van der Waals surface area (Å²) in [4.78, 5) is 46.1. The molecule has 0 heterocycles. The van der Waals surface area contributed by atoms with Gasteiger partial charge >= 0.3 is 0 Å². The molecule has 0 amide bonds. The highest BCUT2D eigenvalue weighted by Crippen LogP contribution is 2.73. The molecule has 4 aliphatic carbocycles. The van der Waals surface area contributed by atoms with E-state index in [1.165, 1.54) is 0 Å². The minimum atomic E-state index is -4.88. The van der Waals surface area contributed by atoms with Gasteiger partial charge in [0.15, 0.2) is 0 Å². The lowest BCUT2D eigenvalue weighted by Gasteiger charge is -2.71. The Balaban J connectivity index is 0. The van der Waals surface area contributed by atoms with Crippen LogP contribution in [0.25, 0.3) is 0 Å². The van der Waals surface area contributed by atoms with Gasteiger partial charge in [0.2, 0.25) is 0 Å². The van der Waals surface area contributed by atoms with E-state index >= 15 is 0 Å². The van der Waals surface area contributed by atoms with Gasteiger partial charge in [0.1, 0.15) is 0 Å². The third-order valence-electron chi connectivity index (χ3n) is 5.16. The predicted octanol–water partition coefficient (Wildman–Crippen LogP) is 0.410. The molecule has 0 spiro atoms. The number of hydrogen-bond acceptors (Lipinski definition) is 6. The van der Waals surface area contributed by atoms with Gasteiger partial charge in [0, 0.05) is 0 Å². The molecule has 0 saturated heterocycles. The molecule has 0 aromatic carbocycles. The molecule has 0 aromatic heterocycles. The van der Waals surface area contributed by atoms with Gasteiger partial charge in [0.05, 0.1) is 0 Å². The Bertz CT molecular complexity index is 438. The first kappa shape index (κ1) is 24.4. The summed E-state index contributed by atoms with van der Waals surface area (Å²) in [6, 6.07) is 0. The molecule has 0 radical (unpaired) electrons. The van der Waals surface area contributed by atoms with Crippen LogP contribution in [0.3, 0.4) is 0 Å². The van der Waals surface area contributed by atoms with E-state index in [4.69, 9.17) is 0 Å². The molecule has 12 heteroatoms. The summed E-state index contributed by atoms with van der Waals surface area (Å²) in [6.45, 7) is 0. The smallest absolute Gasteiger partial charge is 0.000542 e. The highest BCUT2D eigenvalue weighted by molar-refractivity contribution is 7.52. The van der Waals surface area contributed by atoms with Crippen molar-refractivity contribution < 1.29 is 28.7 Å². The molecule has 136 valence electrons. The second-order valence-corrected chi connectivity index (χ2v) is 10.3. The van der Waals surface area contributed by atoms with Gasteiger partial charge < -0.3 is 53.3 Å². The van der Waals surface area contributed by atoms with Crippen molar-refractivity contribution in [2.24, 2.45) is 11.8 Å². The minimum Gasteiger partial charge on any atom is -0.810 e. The Morgan fingerprint density at radius 2 is 0.955 bits per heavy atom. The highest BCUT2D eigenvalue weighted by Gasteiger charge is 2.59. The van der Waals surface area contributed by atoms with Gasteiger partial charge in [-0.15, -0.1) is 0 Å². The molecule has 22 heavy (non-hydrogen) atoms. The fourth-order valence-corrected chi connectivity index (χ4v) is 7.85. The maximum absolute atomic E-state index is 11.5. The number of hydrogen-bond donors (Lipinski definition) is 4. The summed E-state index contributed by atoms with van der Waals surface area (Å²) in [5.41, 5.74) is 0. The average Bonchev–Trinajstić information content (AvgIpc) is 2.11. The van der Waals surface area contributed by atoms with Crippen LogP contribution < -0.4 is 44.2 Å². The number of rotatable bonds is 2. The second kappa shape index (κ2) is 6.57.